The molecule has 0 aliphatic heterocycles. The minimum atomic E-state index is -0.139. The number of hydrogen-bond acceptors (Lipinski definition) is 3. The zero-order valence-electron chi connectivity index (χ0n) is 8.45. The maximum atomic E-state index is 8.60. The van der Waals surface area contributed by atoms with E-state index < -0.39 is 0 Å². The summed E-state index contributed by atoms with van der Waals surface area (Å²) in [7, 11) is 1.65. The number of rotatable bonds is 4. The van der Waals surface area contributed by atoms with Gasteiger partial charge in [-0.1, -0.05) is 18.2 Å². The van der Waals surface area contributed by atoms with Crippen LogP contribution in [-0.4, -0.2) is 13.2 Å². The van der Waals surface area contributed by atoms with E-state index in [-0.39, 0.29) is 6.04 Å². The number of nitrogens with one attached hydrogen (secondary N) is 1. The van der Waals surface area contributed by atoms with E-state index in [2.05, 4.69) is 11.4 Å². The summed E-state index contributed by atoms with van der Waals surface area (Å²) in [6.45, 7) is 2.48. The smallest absolute Gasteiger partial charge is 0.123 e. The summed E-state index contributed by atoms with van der Waals surface area (Å²) in [5.41, 5.74) is 1.07. The Morgan fingerprint density at radius 3 is 2.86 bits per heavy atom. The molecule has 14 heavy (non-hydrogen) atoms. The highest BCUT2D eigenvalue weighted by Gasteiger charge is 2.03. The van der Waals surface area contributed by atoms with E-state index in [1.165, 1.54) is 0 Å². The Morgan fingerprint density at radius 1 is 1.50 bits per heavy atom. The van der Waals surface area contributed by atoms with E-state index >= 15 is 0 Å². The van der Waals surface area contributed by atoms with Crippen LogP contribution in [-0.2, 0) is 6.54 Å². The van der Waals surface area contributed by atoms with E-state index in [0.717, 1.165) is 11.3 Å². The largest absolute Gasteiger partial charge is 0.496 e. The Bertz CT molecular complexity index is 330. The molecule has 0 radical (unpaired) electrons. The predicted molar refractivity (Wildman–Crippen MR) is 54.9 cm³/mol. The molecule has 1 aromatic rings. The van der Waals surface area contributed by atoms with Gasteiger partial charge in [0.2, 0.25) is 0 Å². The molecule has 0 spiro atoms. The van der Waals surface area contributed by atoms with E-state index in [1.807, 2.05) is 31.2 Å². The van der Waals surface area contributed by atoms with Crippen LogP contribution < -0.4 is 10.1 Å². The average Bonchev–Trinajstić information content (AvgIpc) is 2.26. The summed E-state index contributed by atoms with van der Waals surface area (Å²) in [6, 6.07) is 9.76. The zero-order valence-corrected chi connectivity index (χ0v) is 8.45. The van der Waals surface area contributed by atoms with Gasteiger partial charge in [0.05, 0.1) is 19.2 Å². The monoisotopic (exact) mass is 190 g/mol. The van der Waals surface area contributed by atoms with Gasteiger partial charge in [-0.25, -0.2) is 0 Å². The quantitative estimate of drug-likeness (QED) is 0.786. The first kappa shape index (κ1) is 10.6. The SMILES string of the molecule is COc1ccccc1CNC(C)C#N. The maximum Gasteiger partial charge on any atom is 0.123 e. The van der Waals surface area contributed by atoms with Crippen LogP contribution in [0.4, 0.5) is 0 Å². The summed E-state index contributed by atoms with van der Waals surface area (Å²) >= 11 is 0. The molecule has 0 aliphatic carbocycles. The van der Waals surface area contributed by atoms with Gasteiger partial charge in [-0.3, -0.25) is 5.32 Å². The third-order valence-corrected chi connectivity index (χ3v) is 1.98. The number of ether oxygens (including phenoxy) is 1. The Labute approximate surface area is 84.3 Å². The van der Waals surface area contributed by atoms with Crippen molar-refractivity contribution in [3.63, 3.8) is 0 Å². The second-order valence-corrected chi connectivity index (χ2v) is 3.04. The molecule has 0 saturated heterocycles. The van der Waals surface area contributed by atoms with Gasteiger partial charge in [0, 0.05) is 12.1 Å². The van der Waals surface area contributed by atoms with Crippen molar-refractivity contribution in [2.24, 2.45) is 0 Å². The van der Waals surface area contributed by atoms with E-state index in [1.54, 1.807) is 7.11 Å². The van der Waals surface area contributed by atoms with Crippen molar-refractivity contribution in [3.05, 3.63) is 29.8 Å². The molecule has 1 atom stereocenters. The van der Waals surface area contributed by atoms with Crippen LogP contribution >= 0.6 is 0 Å². The Balaban J connectivity index is 2.63. The van der Waals surface area contributed by atoms with Crippen LogP contribution in [0, 0.1) is 11.3 Å². The molecule has 0 fully saturated rings. The fraction of sp³-hybridized carbons (Fsp3) is 0.364. The highest BCUT2D eigenvalue weighted by molar-refractivity contribution is 5.33. The van der Waals surface area contributed by atoms with Crippen LogP contribution in [0.2, 0.25) is 0 Å². The van der Waals surface area contributed by atoms with Crippen LogP contribution in [0.15, 0.2) is 24.3 Å². The molecule has 0 aromatic heterocycles. The van der Waals surface area contributed by atoms with Gasteiger partial charge in [-0.2, -0.15) is 5.26 Å². The summed E-state index contributed by atoms with van der Waals surface area (Å²) in [5, 5.41) is 11.7. The molecule has 0 amide bonds. The molecule has 0 aliphatic rings. The van der Waals surface area contributed by atoms with Crippen molar-refractivity contribution in [2.45, 2.75) is 19.5 Å². The second-order valence-electron chi connectivity index (χ2n) is 3.04. The first-order valence-corrected chi connectivity index (χ1v) is 4.53. The number of methoxy groups -OCH3 is 1. The molecule has 1 aromatic carbocycles. The maximum absolute atomic E-state index is 8.60. The molecule has 74 valence electrons. The topological polar surface area (TPSA) is 45.0 Å². The van der Waals surface area contributed by atoms with Crippen molar-refractivity contribution in [2.75, 3.05) is 7.11 Å². The lowest BCUT2D eigenvalue weighted by Crippen LogP contribution is -2.23. The van der Waals surface area contributed by atoms with Crippen molar-refractivity contribution < 1.29 is 4.74 Å². The lowest BCUT2D eigenvalue weighted by atomic mass is 10.2. The van der Waals surface area contributed by atoms with Crippen LogP contribution in [0.1, 0.15) is 12.5 Å². The lowest BCUT2D eigenvalue weighted by Gasteiger charge is -2.09. The summed E-state index contributed by atoms with van der Waals surface area (Å²) in [5.74, 6) is 0.852. The Kier molecular flexibility index (Phi) is 3.96. The van der Waals surface area contributed by atoms with Gasteiger partial charge < -0.3 is 4.74 Å². The summed E-state index contributed by atoms with van der Waals surface area (Å²) in [6.07, 6.45) is 0. The second kappa shape index (κ2) is 5.25. The molecule has 0 bridgehead atoms. The van der Waals surface area contributed by atoms with Gasteiger partial charge in [-0.15, -0.1) is 0 Å². The van der Waals surface area contributed by atoms with E-state index in [4.69, 9.17) is 10.00 Å². The number of benzene rings is 1. The minimum absolute atomic E-state index is 0.139. The summed E-state index contributed by atoms with van der Waals surface area (Å²) < 4.78 is 5.19. The first-order valence-electron chi connectivity index (χ1n) is 4.53. The van der Waals surface area contributed by atoms with Crippen LogP contribution in [0.3, 0.4) is 0 Å². The molecule has 3 heteroatoms. The van der Waals surface area contributed by atoms with Gasteiger partial charge in [0.1, 0.15) is 5.75 Å². The Hall–Kier alpha value is -1.53. The van der Waals surface area contributed by atoms with Crippen LogP contribution in [0.5, 0.6) is 5.75 Å². The molecule has 1 N–H and O–H groups in total. The standard InChI is InChI=1S/C11H14N2O/c1-9(7-12)13-8-10-5-3-4-6-11(10)14-2/h3-6,9,13H,8H2,1-2H3. The van der Waals surface area contributed by atoms with Crippen LogP contribution in [0.25, 0.3) is 0 Å². The highest BCUT2D eigenvalue weighted by atomic mass is 16.5. The van der Waals surface area contributed by atoms with Gasteiger partial charge in [0.15, 0.2) is 0 Å². The van der Waals surface area contributed by atoms with Gasteiger partial charge in [-0.05, 0) is 13.0 Å². The average molecular weight is 190 g/mol. The molecule has 3 nitrogen and oxygen atoms in total. The van der Waals surface area contributed by atoms with Gasteiger partial charge in [0.25, 0.3) is 0 Å². The Morgan fingerprint density at radius 2 is 2.21 bits per heavy atom. The minimum Gasteiger partial charge on any atom is -0.496 e. The number of nitrogens with zero attached hydrogens (tertiary/aromatic N) is 1. The van der Waals surface area contributed by atoms with Crippen molar-refractivity contribution in [1.82, 2.24) is 5.32 Å². The number of para-hydroxylation sites is 1. The molecule has 0 heterocycles. The molecular formula is C11H14N2O. The molecule has 1 rings (SSSR count). The third-order valence-electron chi connectivity index (χ3n) is 1.98. The normalized spacial score (nSPS) is 11.8. The summed E-state index contributed by atoms with van der Waals surface area (Å²) in [4.78, 5) is 0. The fourth-order valence-electron chi connectivity index (χ4n) is 1.16. The van der Waals surface area contributed by atoms with Crippen molar-refractivity contribution in [3.8, 4) is 11.8 Å². The van der Waals surface area contributed by atoms with Crippen molar-refractivity contribution >= 4 is 0 Å². The molecule has 0 saturated carbocycles. The highest BCUT2D eigenvalue weighted by Crippen LogP contribution is 2.16. The van der Waals surface area contributed by atoms with Crippen molar-refractivity contribution in [1.29, 1.82) is 5.26 Å². The van der Waals surface area contributed by atoms with E-state index in [0.29, 0.717) is 6.54 Å². The fourth-order valence-corrected chi connectivity index (χ4v) is 1.16. The zero-order chi connectivity index (χ0) is 10.4. The van der Waals surface area contributed by atoms with E-state index in [9.17, 15) is 0 Å². The lowest BCUT2D eigenvalue weighted by molar-refractivity contribution is 0.407. The number of hydrogen-bond donors (Lipinski definition) is 1. The van der Waals surface area contributed by atoms with Gasteiger partial charge >= 0.3 is 0 Å². The third kappa shape index (κ3) is 2.75. The molecule has 1 unspecified atom stereocenters. The predicted octanol–water partition coefficient (Wildman–Crippen LogP) is 1.70. The first-order chi connectivity index (χ1) is 6.77. The number of nitriles is 1. The molecular weight excluding hydrogens is 176 g/mol.